The number of anilines is 2. The van der Waals surface area contributed by atoms with Crippen molar-refractivity contribution in [3.8, 4) is 0 Å². The average Bonchev–Trinajstić information content (AvgIpc) is 3.01. The monoisotopic (exact) mass is 555 g/mol. The zero-order valence-corrected chi connectivity index (χ0v) is 24.7. The third-order valence-electron chi connectivity index (χ3n) is 7.81. The first kappa shape index (κ1) is 30.3. The normalized spacial score (nSPS) is 13.7. The molecule has 1 heterocycles. The molecule has 41 heavy (non-hydrogen) atoms. The van der Waals surface area contributed by atoms with E-state index in [2.05, 4.69) is 52.8 Å². The summed E-state index contributed by atoms with van der Waals surface area (Å²) in [5.41, 5.74) is 5.36. The van der Waals surface area contributed by atoms with Gasteiger partial charge in [-0.15, -0.1) is 0 Å². The van der Waals surface area contributed by atoms with Crippen LogP contribution >= 0.6 is 0 Å². The molecule has 0 atom stereocenters. The van der Waals surface area contributed by atoms with Crippen LogP contribution in [0, 0.1) is 5.92 Å². The zero-order valence-electron chi connectivity index (χ0n) is 24.7. The summed E-state index contributed by atoms with van der Waals surface area (Å²) < 4.78 is 5.42. The Balaban J connectivity index is 1.45. The molecule has 0 bridgehead atoms. The Morgan fingerprint density at radius 2 is 1.63 bits per heavy atom. The van der Waals surface area contributed by atoms with Gasteiger partial charge in [0, 0.05) is 49.8 Å². The van der Waals surface area contributed by atoms with Gasteiger partial charge in [-0.05, 0) is 92.8 Å². The molecule has 2 amide bonds. The average molecular weight is 556 g/mol. The molecule has 3 aromatic carbocycles. The number of amides is 2. The van der Waals surface area contributed by atoms with Crippen LogP contribution in [0.4, 0.5) is 11.4 Å². The molecule has 3 aromatic rings. The summed E-state index contributed by atoms with van der Waals surface area (Å²) >= 11 is 0. The Morgan fingerprint density at radius 3 is 2.34 bits per heavy atom. The topological polar surface area (TPSA) is 70.7 Å². The van der Waals surface area contributed by atoms with Crippen LogP contribution in [0.3, 0.4) is 0 Å². The highest BCUT2D eigenvalue weighted by molar-refractivity contribution is 6.06. The number of piperidine rings is 1. The molecule has 1 saturated heterocycles. The molecule has 1 fully saturated rings. The Hall–Kier alpha value is -3.64. The Bertz CT molecular complexity index is 1240. The number of nitrogens with one attached hydrogen (secondary N) is 2. The Morgan fingerprint density at radius 1 is 0.878 bits per heavy atom. The number of unbranched alkanes of at least 4 members (excludes halogenated alkanes) is 1. The summed E-state index contributed by atoms with van der Waals surface area (Å²) in [5, 5.41) is 6.06. The first-order chi connectivity index (χ1) is 20.1. The summed E-state index contributed by atoms with van der Waals surface area (Å²) in [6.07, 6.45) is 7.31. The summed E-state index contributed by atoms with van der Waals surface area (Å²) in [6.45, 7) is 7.77. The number of carbonyl (C=O) groups is 2. The van der Waals surface area contributed by atoms with Crippen LogP contribution in [0.5, 0.6) is 0 Å². The lowest BCUT2D eigenvalue weighted by molar-refractivity contribution is 0.0943. The Kier molecular flexibility index (Phi) is 11.8. The van der Waals surface area contributed by atoms with E-state index in [0.717, 1.165) is 63.7 Å². The van der Waals surface area contributed by atoms with Gasteiger partial charge in [-0.2, -0.15) is 0 Å². The van der Waals surface area contributed by atoms with E-state index in [-0.39, 0.29) is 11.8 Å². The van der Waals surface area contributed by atoms with Crippen LogP contribution in [0.2, 0.25) is 0 Å². The van der Waals surface area contributed by atoms with Gasteiger partial charge in [-0.1, -0.05) is 55.8 Å². The van der Waals surface area contributed by atoms with Gasteiger partial charge in [0.1, 0.15) is 0 Å². The van der Waals surface area contributed by atoms with Crippen molar-refractivity contribution in [3.05, 3.63) is 95.1 Å². The molecule has 0 aromatic heterocycles. The summed E-state index contributed by atoms with van der Waals surface area (Å²) in [6, 6.07) is 24.2. The van der Waals surface area contributed by atoms with Crippen LogP contribution in [0.1, 0.15) is 77.8 Å². The fraction of sp³-hybridized carbons (Fsp3) is 0.429. The van der Waals surface area contributed by atoms with Crippen molar-refractivity contribution in [2.45, 2.75) is 58.8 Å². The second-order valence-corrected chi connectivity index (χ2v) is 10.9. The molecule has 1 aliphatic heterocycles. The number of rotatable bonds is 14. The first-order valence-electron chi connectivity index (χ1n) is 15.3. The molecule has 218 valence electrons. The van der Waals surface area contributed by atoms with Crippen molar-refractivity contribution >= 4 is 23.2 Å². The summed E-state index contributed by atoms with van der Waals surface area (Å²) in [4.78, 5) is 28.7. The number of nitrogens with zero attached hydrogens (tertiary/aromatic N) is 1. The fourth-order valence-electron chi connectivity index (χ4n) is 5.42. The van der Waals surface area contributed by atoms with Crippen LogP contribution in [0.15, 0.2) is 72.8 Å². The molecule has 2 N–H and O–H groups in total. The van der Waals surface area contributed by atoms with Crippen molar-refractivity contribution in [2.24, 2.45) is 5.92 Å². The van der Waals surface area contributed by atoms with Crippen LogP contribution in [-0.4, -0.2) is 44.7 Å². The van der Waals surface area contributed by atoms with E-state index in [1.807, 2.05) is 49.4 Å². The van der Waals surface area contributed by atoms with E-state index in [1.165, 1.54) is 11.1 Å². The van der Waals surface area contributed by atoms with E-state index in [0.29, 0.717) is 42.5 Å². The Labute approximate surface area is 245 Å². The molecule has 4 rings (SSSR count). The lowest BCUT2D eigenvalue weighted by atomic mass is 9.89. The highest BCUT2D eigenvalue weighted by Crippen LogP contribution is 2.30. The van der Waals surface area contributed by atoms with E-state index < -0.39 is 0 Å². The molecular weight excluding hydrogens is 510 g/mol. The summed E-state index contributed by atoms with van der Waals surface area (Å²) in [5.74, 6) is 0.334. The van der Waals surface area contributed by atoms with Gasteiger partial charge < -0.3 is 20.3 Å². The third-order valence-corrected chi connectivity index (χ3v) is 7.81. The van der Waals surface area contributed by atoms with Crippen LogP contribution < -0.4 is 15.5 Å². The quantitative estimate of drug-likeness (QED) is 0.212. The van der Waals surface area contributed by atoms with Crippen LogP contribution in [-0.2, 0) is 17.6 Å². The van der Waals surface area contributed by atoms with Crippen molar-refractivity contribution < 1.29 is 14.3 Å². The van der Waals surface area contributed by atoms with E-state index in [1.54, 1.807) is 0 Å². The zero-order chi connectivity index (χ0) is 28.9. The number of ether oxygens (including phenoxy) is 1. The fourth-order valence-corrected chi connectivity index (χ4v) is 5.42. The van der Waals surface area contributed by atoms with Gasteiger partial charge >= 0.3 is 0 Å². The van der Waals surface area contributed by atoms with Gasteiger partial charge in [0.15, 0.2) is 0 Å². The van der Waals surface area contributed by atoms with E-state index in [9.17, 15) is 9.59 Å². The molecule has 6 nitrogen and oxygen atoms in total. The van der Waals surface area contributed by atoms with Gasteiger partial charge in [0.2, 0.25) is 0 Å². The minimum Gasteiger partial charge on any atom is -0.382 e. The lowest BCUT2D eigenvalue weighted by Gasteiger charge is -2.35. The molecule has 0 saturated carbocycles. The smallest absolute Gasteiger partial charge is 0.255 e. The molecule has 0 unspecified atom stereocenters. The SMILES string of the molecule is CCCCc1ccc(C(=O)Nc2ccc(N3CCC(Cc4ccccc4)CC3)c(C(=O)NCCCOCC)c2)cc1. The number of carbonyl (C=O) groups excluding carboxylic acids is 2. The molecule has 0 radical (unpaired) electrons. The standard InChI is InChI=1S/C35H45N3O3/c1-3-5-10-27-13-15-30(16-14-27)34(39)37-31-17-18-33(32(26-31)35(40)36-21-9-24-41-4-2)38-22-19-29(20-23-38)25-28-11-7-6-8-12-28/h6-8,11-18,26,29H,3-5,9-10,19-25H2,1-2H3,(H,36,40)(H,37,39). The second kappa shape index (κ2) is 16.0. The van der Waals surface area contributed by atoms with E-state index in [4.69, 9.17) is 4.74 Å². The predicted octanol–water partition coefficient (Wildman–Crippen LogP) is 6.90. The maximum Gasteiger partial charge on any atom is 0.255 e. The third kappa shape index (κ3) is 9.19. The van der Waals surface area contributed by atoms with Crippen molar-refractivity contribution in [1.29, 1.82) is 0 Å². The highest BCUT2D eigenvalue weighted by atomic mass is 16.5. The minimum atomic E-state index is -0.176. The maximum atomic E-state index is 13.4. The molecule has 1 aliphatic rings. The number of aryl methyl sites for hydroxylation is 1. The van der Waals surface area contributed by atoms with E-state index >= 15 is 0 Å². The molecule has 6 heteroatoms. The first-order valence-corrected chi connectivity index (χ1v) is 15.3. The van der Waals surface area contributed by atoms with Crippen molar-refractivity contribution in [2.75, 3.05) is 43.1 Å². The number of benzene rings is 3. The molecule has 0 aliphatic carbocycles. The van der Waals surface area contributed by atoms with Gasteiger partial charge in [0.05, 0.1) is 5.56 Å². The maximum absolute atomic E-state index is 13.4. The van der Waals surface area contributed by atoms with Crippen molar-refractivity contribution in [3.63, 3.8) is 0 Å². The van der Waals surface area contributed by atoms with Crippen molar-refractivity contribution in [1.82, 2.24) is 5.32 Å². The van der Waals surface area contributed by atoms with Gasteiger partial charge in [0.25, 0.3) is 11.8 Å². The number of hydrogen-bond acceptors (Lipinski definition) is 4. The molecule has 0 spiro atoms. The van der Waals surface area contributed by atoms with Gasteiger partial charge in [-0.25, -0.2) is 0 Å². The van der Waals surface area contributed by atoms with Gasteiger partial charge in [-0.3, -0.25) is 9.59 Å². The largest absolute Gasteiger partial charge is 0.382 e. The lowest BCUT2D eigenvalue weighted by Crippen LogP contribution is -2.36. The highest BCUT2D eigenvalue weighted by Gasteiger charge is 2.24. The number of hydrogen-bond donors (Lipinski definition) is 2. The van der Waals surface area contributed by atoms with Crippen LogP contribution in [0.25, 0.3) is 0 Å². The predicted molar refractivity (Wildman–Crippen MR) is 168 cm³/mol. The second-order valence-electron chi connectivity index (χ2n) is 10.9. The summed E-state index contributed by atoms with van der Waals surface area (Å²) in [7, 11) is 0. The molecular formula is C35H45N3O3. The minimum absolute atomic E-state index is 0.126.